The Labute approximate surface area is 207 Å². The van der Waals surface area contributed by atoms with Crippen LogP contribution in [-0.2, 0) is 20.7 Å². The van der Waals surface area contributed by atoms with E-state index in [1.54, 1.807) is 5.38 Å². The number of ether oxygens (including phenoxy) is 1. The van der Waals surface area contributed by atoms with Gasteiger partial charge in [-0.25, -0.2) is 14.6 Å². The second-order valence-corrected chi connectivity index (χ2v) is 9.56. The van der Waals surface area contributed by atoms with E-state index in [0.717, 1.165) is 22.3 Å². The predicted octanol–water partition coefficient (Wildman–Crippen LogP) is 4.81. The first-order valence-corrected chi connectivity index (χ1v) is 12.3. The van der Waals surface area contributed by atoms with E-state index in [-0.39, 0.29) is 18.9 Å². The maximum absolute atomic E-state index is 12.4. The fourth-order valence-electron chi connectivity index (χ4n) is 4.41. The van der Waals surface area contributed by atoms with E-state index in [2.05, 4.69) is 39.9 Å². The third-order valence-corrected chi connectivity index (χ3v) is 6.89. The topological polar surface area (TPSA) is 118 Å². The average molecular weight is 494 g/mol. The van der Waals surface area contributed by atoms with Gasteiger partial charge in [0.15, 0.2) is 5.13 Å². The number of carboxylic acid groups (broad SMARTS) is 1. The molecule has 1 aliphatic rings. The van der Waals surface area contributed by atoms with Crippen LogP contribution in [0.25, 0.3) is 11.1 Å². The van der Waals surface area contributed by atoms with Crippen LogP contribution >= 0.6 is 11.3 Å². The van der Waals surface area contributed by atoms with Gasteiger partial charge in [-0.3, -0.25) is 10.1 Å². The number of nitrogens with one attached hydrogen (secondary N) is 2. The standard InChI is InChI=1S/C26H27N3O5S/c1-3-12-26(2,23(31)32)29-22(30)13-16-15-35-24(27-16)28-25(33)34-14-21-19-10-6-4-8-17(19)18-9-5-7-11-20(18)21/h4-11,15,21H,3,12-14H2,1-2H3,(H,29,30)(H,31,32)(H,27,28,33). The molecular weight excluding hydrogens is 466 g/mol. The minimum Gasteiger partial charge on any atom is -0.480 e. The Bertz CT molecular complexity index is 1210. The second kappa shape index (κ2) is 10.3. The number of hydrogen-bond donors (Lipinski definition) is 3. The number of nitrogens with zero attached hydrogens (tertiary/aromatic N) is 1. The summed E-state index contributed by atoms with van der Waals surface area (Å²) in [5.74, 6) is -1.57. The lowest BCUT2D eigenvalue weighted by Gasteiger charge is -2.25. The number of amides is 2. The first-order chi connectivity index (χ1) is 16.8. The van der Waals surface area contributed by atoms with Gasteiger partial charge in [0.1, 0.15) is 12.1 Å². The minimum absolute atomic E-state index is 0.0460. The number of benzene rings is 2. The molecule has 8 nitrogen and oxygen atoms in total. The summed E-state index contributed by atoms with van der Waals surface area (Å²) in [4.78, 5) is 40.6. The molecule has 1 heterocycles. The molecule has 1 atom stereocenters. The number of carboxylic acids is 1. The van der Waals surface area contributed by atoms with E-state index in [9.17, 15) is 19.5 Å². The lowest BCUT2D eigenvalue weighted by atomic mass is 9.96. The number of rotatable bonds is 9. The van der Waals surface area contributed by atoms with Gasteiger partial charge >= 0.3 is 12.1 Å². The largest absolute Gasteiger partial charge is 0.480 e. The molecule has 2 amide bonds. The van der Waals surface area contributed by atoms with E-state index in [4.69, 9.17) is 4.74 Å². The molecule has 0 spiro atoms. The van der Waals surface area contributed by atoms with Gasteiger partial charge in [-0.15, -0.1) is 11.3 Å². The van der Waals surface area contributed by atoms with Crippen molar-refractivity contribution < 1.29 is 24.2 Å². The van der Waals surface area contributed by atoms with Crippen molar-refractivity contribution in [2.24, 2.45) is 0 Å². The Kier molecular flexibility index (Phi) is 7.16. The molecule has 0 fully saturated rings. The first kappa shape index (κ1) is 24.4. The smallest absolute Gasteiger partial charge is 0.413 e. The summed E-state index contributed by atoms with van der Waals surface area (Å²) >= 11 is 1.17. The van der Waals surface area contributed by atoms with Crippen molar-refractivity contribution in [2.75, 3.05) is 11.9 Å². The van der Waals surface area contributed by atoms with E-state index < -0.39 is 23.5 Å². The third kappa shape index (κ3) is 5.35. The van der Waals surface area contributed by atoms with Gasteiger partial charge in [0.05, 0.1) is 12.1 Å². The SMILES string of the molecule is CCCC(C)(NC(=O)Cc1csc(NC(=O)OCC2c3ccccc3-c3ccccc32)n1)C(=O)O. The number of aliphatic carboxylic acids is 1. The summed E-state index contributed by atoms with van der Waals surface area (Å²) in [5.41, 5.74) is 3.66. The number of fused-ring (bicyclic) bond motifs is 3. The molecule has 4 rings (SSSR count). The minimum atomic E-state index is -1.33. The maximum Gasteiger partial charge on any atom is 0.413 e. The van der Waals surface area contributed by atoms with E-state index in [1.165, 1.54) is 18.3 Å². The molecule has 1 unspecified atom stereocenters. The Morgan fingerprint density at radius 1 is 1.09 bits per heavy atom. The number of thiazole rings is 1. The highest BCUT2D eigenvalue weighted by Gasteiger charge is 2.34. The van der Waals surface area contributed by atoms with Crippen LogP contribution in [-0.4, -0.2) is 40.2 Å². The van der Waals surface area contributed by atoms with Crippen LogP contribution < -0.4 is 10.6 Å². The van der Waals surface area contributed by atoms with Crippen LogP contribution in [0.3, 0.4) is 0 Å². The van der Waals surface area contributed by atoms with Crippen LogP contribution in [0.1, 0.15) is 49.4 Å². The number of carbonyl (C=O) groups is 3. The summed E-state index contributed by atoms with van der Waals surface area (Å²) in [6.45, 7) is 3.53. The molecule has 0 saturated carbocycles. The molecule has 2 aromatic carbocycles. The molecule has 182 valence electrons. The molecule has 1 aliphatic carbocycles. The highest BCUT2D eigenvalue weighted by molar-refractivity contribution is 7.13. The summed E-state index contributed by atoms with van der Waals surface area (Å²) in [7, 11) is 0. The predicted molar refractivity (Wildman–Crippen MR) is 134 cm³/mol. The molecule has 0 bridgehead atoms. The van der Waals surface area contributed by atoms with Gasteiger partial charge in [-0.05, 0) is 35.6 Å². The number of carbonyl (C=O) groups excluding carboxylic acids is 2. The number of anilines is 1. The Hall–Kier alpha value is -3.72. The van der Waals surface area contributed by atoms with Crippen LogP contribution in [0.15, 0.2) is 53.9 Å². The second-order valence-electron chi connectivity index (χ2n) is 8.71. The highest BCUT2D eigenvalue weighted by atomic mass is 32.1. The molecule has 35 heavy (non-hydrogen) atoms. The summed E-state index contributed by atoms with van der Waals surface area (Å²) in [5, 5.41) is 16.6. The fraction of sp³-hybridized carbons (Fsp3) is 0.308. The molecule has 0 aliphatic heterocycles. The van der Waals surface area contributed by atoms with Gasteiger partial charge < -0.3 is 15.2 Å². The van der Waals surface area contributed by atoms with Crippen molar-refractivity contribution in [1.82, 2.24) is 10.3 Å². The van der Waals surface area contributed by atoms with Crippen LogP contribution in [0.5, 0.6) is 0 Å². The Morgan fingerprint density at radius 3 is 2.31 bits per heavy atom. The Balaban J connectivity index is 1.33. The van der Waals surface area contributed by atoms with Crippen molar-refractivity contribution in [3.63, 3.8) is 0 Å². The lowest BCUT2D eigenvalue weighted by Crippen LogP contribution is -2.52. The Morgan fingerprint density at radius 2 is 1.71 bits per heavy atom. The molecule has 3 N–H and O–H groups in total. The molecule has 9 heteroatoms. The van der Waals surface area contributed by atoms with Crippen molar-refractivity contribution >= 4 is 34.4 Å². The van der Waals surface area contributed by atoms with Crippen LogP contribution in [0.2, 0.25) is 0 Å². The summed E-state index contributed by atoms with van der Waals surface area (Å²) < 4.78 is 5.53. The van der Waals surface area contributed by atoms with E-state index in [1.807, 2.05) is 31.2 Å². The van der Waals surface area contributed by atoms with E-state index >= 15 is 0 Å². The van der Waals surface area contributed by atoms with Crippen molar-refractivity contribution in [1.29, 1.82) is 0 Å². The van der Waals surface area contributed by atoms with Crippen LogP contribution in [0, 0.1) is 0 Å². The van der Waals surface area contributed by atoms with Gasteiger partial charge in [0.25, 0.3) is 0 Å². The van der Waals surface area contributed by atoms with Crippen LogP contribution in [0.4, 0.5) is 9.93 Å². The van der Waals surface area contributed by atoms with Gasteiger partial charge in [0.2, 0.25) is 5.91 Å². The number of aromatic nitrogens is 1. The number of hydrogen-bond acceptors (Lipinski definition) is 6. The average Bonchev–Trinajstić information content (AvgIpc) is 3.39. The highest BCUT2D eigenvalue weighted by Crippen LogP contribution is 2.44. The quantitative estimate of drug-likeness (QED) is 0.394. The normalized spacial score (nSPS) is 13.9. The van der Waals surface area contributed by atoms with Crippen molar-refractivity contribution in [2.45, 2.75) is 44.6 Å². The monoisotopic (exact) mass is 493 g/mol. The van der Waals surface area contributed by atoms with Crippen molar-refractivity contribution in [3.05, 3.63) is 70.7 Å². The molecule has 1 aromatic heterocycles. The molecule has 0 saturated heterocycles. The zero-order chi connectivity index (χ0) is 25.0. The van der Waals surface area contributed by atoms with Gasteiger partial charge in [0, 0.05) is 11.3 Å². The zero-order valence-corrected chi connectivity index (χ0v) is 20.4. The summed E-state index contributed by atoms with van der Waals surface area (Å²) in [6, 6.07) is 16.2. The summed E-state index contributed by atoms with van der Waals surface area (Å²) in [6.07, 6.45) is 0.224. The maximum atomic E-state index is 12.4. The van der Waals surface area contributed by atoms with Gasteiger partial charge in [-0.2, -0.15) is 0 Å². The molecular formula is C26H27N3O5S. The molecule has 0 radical (unpaired) electrons. The van der Waals surface area contributed by atoms with Gasteiger partial charge in [-0.1, -0.05) is 61.9 Å². The lowest BCUT2D eigenvalue weighted by molar-refractivity contribution is -0.147. The third-order valence-electron chi connectivity index (χ3n) is 6.08. The van der Waals surface area contributed by atoms with E-state index in [0.29, 0.717) is 23.7 Å². The molecule has 3 aromatic rings. The zero-order valence-electron chi connectivity index (χ0n) is 19.5. The first-order valence-electron chi connectivity index (χ1n) is 11.4. The fourth-order valence-corrected chi connectivity index (χ4v) is 5.10. The van der Waals surface area contributed by atoms with Crippen molar-refractivity contribution in [3.8, 4) is 11.1 Å².